The van der Waals surface area contributed by atoms with Crippen molar-refractivity contribution in [1.29, 1.82) is 0 Å². The number of rotatable bonds is 9. The lowest BCUT2D eigenvalue weighted by Crippen LogP contribution is -2.28. The molecule has 0 aliphatic heterocycles. The largest absolute Gasteiger partial charge is 0.456 e. The molecule has 76 heavy (non-hydrogen) atoms. The van der Waals surface area contributed by atoms with E-state index in [9.17, 15) is 0 Å². The van der Waals surface area contributed by atoms with Crippen LogP contribution in [0.4, 0.5) is 17.1 Å². The highest BCUT2D eigenvalue weighted by Crippen LogP contribution is 2.58. The van der Waals surface area contributed by atoms with Gasteiger partial charge in [0.2, 0.25) is 0 Å². The topological polar surface area (TPSA) is 29.5 Å². The van der Waals surface area contributed by atoms with Gasteiger partial charge in [-0.05, 0) is 128 Å². The number of para-hydroxylation sites is 3. The van der Waals surface area contributed by atoms with E-state index in [-0.39, 0.29) is 0 Å². The molecule has 12 aromatic carbocycles. The van der Waals surface area contributed by atoms with Gasteiger partial charge in [0.15, 0.2) is 0 Å². The standard InChI is InChI=1S/C73H47NO2/c1-5-21-48(22-6-1)55-29-14-18-34-64(55)74(54-41-42-57-56-30-13-17-33-62(56)73(63(57)47-54,51-25-9-3-10-26-51)52-27-11-4-12-28-52)53-39-37-50(38-40-53)70-59(44-46-68-72(70)61-32-16-20-36-66(61)76-68)58-43-45-67-71(60-31-15-19-35-65(60)75-67)69(58)49-23-7-2-8-24-49/h1-47H. The zero-order valence-electron chi connectivity index (χ0n) is 41.4. The number of hydrogen-bond acceptors (Lipinski definition) is 3. The van der Waals surface area contributed by atoms with Crippen LogP contribution in [0, 0.1) is 0 Å². The predicted octanol–water partition coefficient (Wildman–Crippen LogP) is 20.0. The summed E-state index contributed by atoms with van der Waals surface area (Å²) in [6, 6.07) is 103. The van der Waals surface area contributed by atoms with E-state index in [1.54, 1.807) is 0 Å². The summed E-state index contributed by atoms with van der Waals surface area (Å²) in [5.41, 5.74) is 22.5. The second-order valence-corrected chi connectivity index (χ2v) is 19.8. The van der Waals surface area contributed by atoms with Crippen molar-refractivity contribution in [2.24, 2.45) is 0 Å². The highest BCUT2D eigenvalue weighted by molar-refractivity contribution is 6.20. The van der Waals surface area contributed by atoms with Crippen LogP contribution < -0.4 is 4.90 Å². The monoisotopic (exact) mass is 969 g/mol. The number of nitrogens with zero attached hydrogens (tertiary/aromatic N) is 1. The highest BCUT2D eigenvalue weighted by atomic mass is 16.3. The van der Waals surface area contributed by atoms with Gasteiger partial charge in [0, 0.05) is 49.6 Å². The molecule has 0 fully saturated rings. The maximum Gasteiger partial charge on any atom is 0.136 e. The molecule has 0 saturated heterocycles. The molecule has 1 aliphatic carbocycles. The summed E-state index contributed by atoms with van der Waals surface area (Å²) in [7, 11) is 0. The zero-order valence-corrected chi connectivity index (χ0v) is 41.4. The summed E-state index contributed by atoms with van der Waals surface area (Å²) in [4.78, 5) is 2.45. The summed E-state index contributed by atoms with van der Waals surface area (Å²) in [5, 5.41) is 4.36. The van der Waals surface area contributed by atoms with Crippen molar-refractivity contribution in [3.05, 3.63) is 307 Å². The smallest absolute Gasteiger partial charge is 0.136 e. The maximum atomic E-state index is 6.69. The number of anilines is 3. The van der Waals surface area contributed by atoms with Crippen LogP contribution in [0.3, 0.4) is 0 Å². The van der Waals surface area contributed by atoms with Gasteiger partial charge >= 0.3 is 0 Å². The summed E-state index contributed by atoms with van der Waals surface area (Å²) in [5.74, 6) is 0. The molecule has 0 amide bonds. The minimum Gasteiger partial charge on any atom is -0.456 e. The Bertz CT molecular complexity index is 4460. The van der Waals surface area contributed by atoms with E-state index in [0.29, 0.717) is 0 Å². The summed E-state index contributed by atoms with van der Waals surface area (Å²) in [6.07, 6.45) is 0. The molecule has 0 unspecified atom stereocenters. The molecule has 356 valence electrons. The van der Waals surface area contributed by atoms with Crippen molar-refractivity contribution in [1.82, 2.24) is 0 Å². The van der Waals surface area contributed by atoms with Crippen molar-refractivity contribution in [2.45, 2.75) is 5.41 Å². The van der Waals surface area contributed by atoms with E-state index in [0.717, 1.165) is 105 Å². The third-order valence-corrected chi connectivity index (χ3v) is 15.8. The average molecular weight is 970 g/mol. The van der Waals surface area contributed by atoms with Gasteiger partial charge in [-0.15, -0.1) is 0 Å². The first-order valence-corrected chi connectivity index (χ1v) is 26.1. The Balaban J connectivity index is 0.974. The molecule has 2 aromatic heterocycles. The predicted molar refractivity (Wildman–Crippen MR) is 315 cm³/mol. The van der Waals surface area contributed by atoms with E-state index in [1.807, 2.05) is 6.07 Å². The van der Waals surface area contributed by atoms with Gasteiger partial charge in [0.25, 0.3) is 0 Å². The number of hydrogen-bond donors (Lipinski definition) is 0. The molecular formula is C73H47NO2. The van der Waals surface area contributed by atoms with Crippen LogP contribution >= 0.6 is 0 Å². The average Bonchev–Trinajstić information content (AvgIpc) is 4.20. The fourth-order valence-corrected chi connectivity index (χ4v) is 12.6. The first-order valence-electron chi connectivity index (χ1n) is 26.1. The lowest BCUT2D eigenvalue weighted by molar-refractivity contribution is 0.668. The molecule has 0 spiro atoms. The van der Waals surface area contributed by atoms with E-state index >= 15 is 0 Å². The molecule has 0 N–H and O–H groups in total. The lowest BCUT2D eigenvalue weighted by atomic mass is 9.67. The Hall–Kier alpha value is -9.96. The van der Waals surface area contributed by atoms with Gasteiger partial charge in [-0.25, -0.2) is 0 Å². The zero-order chi connectivity index (χ0) is 50.2. The van der Waals surface area contributed by atoms with Crippen molar-refractivity contribution in [3.63, 3.8) is 0 Å². The van der Waals surface area contributed by atoms with Crippen LogP contribution in [-0.2, 0) is 5.41 Å². The van der Waals surface area contributed by atoms with Crippen LogP contribution in [0.25, 0.3) is 99.5 Å². The Morgan fingerprint density at radius 1 is 0.276 bits per heavy atom. The van der Waals surface area contributed by atoms with Gasteiger partial charge in [0.1, 0.15) is 22.3 Å². The van der Waals surface area contributed by atoms with Crippen molar-refractivity contribution in [2.75, 3.05) is 4.90 Å². The second-order valence-electron chi connectivity index (χ2n) is 19.8. The van der Waals surface area contributed by atoms with Gasteiger partial charge in [0.05, 0.1) is 11.1 Å². The first-order chi connectivity index (χ1) is 37.7. The summed E-state index contributed by atoms with van der Waals surface area (Å²) < 4.78 is 13.2. The molecule has 0 bridgehead atoms. The van der Waals surface area contributed by atoms with Crippen molar-refractivity contribution in [3.8, 4) is 55.6 Å². The summed E-state index contributed by atoms with van der Waals surface area (Å²) in [6.45, 7) is 0. The fourth-order valence-electron chi connectivity index (χ4n) is 12.6. The van der Waals surface area contributed by atoms with Crippen LogP contribution in [0.1, 0.15) is 22.3 Å². The molecule has 3 nitrogen and oxygen atoms in total. The highest BCUT2D eigenvalue weighted by Gasteiger charge is 2.46. The van der Waals surface area contributed by atoms with Crippen LogP contribution in [0.5, 0.6) is 0 Å². The van der Waals surface area contributed by atoms with E-state index in [2.05, 4.69) is 284 Å². The Labute approximate surface area is 440 Å². The Kier molecular flexibility index (Phi) is 10.1. The molecule has 15 rings (SSSR count). The molecule has 2 heterocycles. The van der Waals surface area contributed by atoms with Crippen LogP contribution in [0.15, 0.2) is 294 Å². The molecule has 0 saturated carbocycles. The SMILES string of the molecule is c1ccc(-c2ccccc2N(c2ccc(-c3c(-c4ccc5oc6ccccc6c5c4-c4ccccc4)ccc4oc5ccccc5c34)cc2)c2ccc3c(c2)C(c2ccccc2)(c2ccccc2)c2ccccc2-3)cc1. The minimum absolute atomic E-state index is 0.564. The molecule has 0 atom stereocenters. The van der Waals surface area contributed by atoms with Gasteiger partial charge < -0.3 is 13.7 Å². The quantitative estimate of drug-likeness (QED) is 0.144. The van der Waals surface area contributed by atoms with Crippen molar-refractivity contribution < 1.29 is 8.83 Å². The lowest BCUT2D eigenvalue weighted by Gasteiger charge is -2.35. The number of benzene rings is 12. The third kappa shape index (κ3) is 6.69. The minimum atomic E-state index is -0.564. The first kappa shape index (κ1) is 43.6. The number of fused-ring (bicyclic) bond motifs is 9. The van der Waals surface area contributed by atoms with E-state index in [1.165, 1.54) is 33.4 Å². The maximum absolute atomic E-state index is 6.69. The molecule has 14 aromatic rings. The van der Waals surface area contributed by atoms with Crippen LogP contribution in [-0.4, -0.2) is 0 Å². The van der Waals surface area contributed by atoms with E-state index in [4.69, 9.17) is 8.83 Å². The molecule has 1 aliphatic rings. The second kappa shape index (κ2) is 17.6. The van der Waals surface area contributed by atoms with Crippen molar-refractivity contribution >= 4 is 60.9 Å². The molecular weight excluding hydrogens is 923 g/mol. The van der Waals surface area contributed by atoms with Gasteiger partial charge in [-0.2, -0.15) is 0 Å². The van der Waals surface area contributed by atoms with Crippen LogP contribution in [0.2, 0.25) is 0 Å². The molecule has 3 heteroatoms. The third-order valence-electron chi connectivity index (χ3n) is 15.8. The molecule has 0 radical (unpaired) electrons. The van der Waals surface area contributed by atoms with E-state index < -0.39 is 5.41 Å². The summed E-state index contributed by atoms with van der Waals surface area (Å²) >= 11 is 0. The Morgan fingerprint density at radius 3 is 1.30 bits per heavy atom. The fraction of sp³-hybridized carbons (Fsp3) is 0.0137. The Morgan fingerprint density at radius 2 is 0.711 bits per heavy atom. The van der Waals surface area contributed by atoms with Gasteiger partial charge in [-0.3, -0.25) is 0 Å². The normalized spacial score (nSPS) is 12.6. The van der Waals surface area contributed by atoms with Gasteiger partial charge in [-0.1, -0.05) is 218 Å². The number of furan rings is 2.